The second-order valence-corrected chi connectivity index (χ2v) is 11.9. The Labute approximate surface area is 251 Å². The Balaban J connectivity index is 1.23. The lowest BCUT2D eigenvalue weighted by Gasteiger charge is -2.30. The lowest BCUT2D eigenvalue weighted by Crippen LogP contribution is -2.36. The second kappa shape index (κ2) is 12.1. The molecule has 4 aromatic rings. The number of aromatic nitrogens is 1. The van der Waals surface area contributed by atoms with Crippen molar-refractivity contribution in [2.75, 3.05) is 48.6 Å². The molecule has 2 unspecified atom stereocenters. The topological polar surface area (TPSA) is 73.7 Å². The number of benzene rings is 3. The minimum absolute atomic E-state index is 0.104. The van der Waals surface area contributed by atoms with Gasteiger partial charge in [-0.3, -0.25) is 4.31 Å². The van der Waals surface area contributed by atoms with Crippen LogP contribution in [0.2, 0.25) is 0 Å². The second-order valence-electron chi connectivity index (χ2n) is 10.9. The molecule has 2 atom stereocenters. The highest BCUT2D eigenvalue weighted by Gasteiger charge is 2.35. The normalized spacial score (nSPS) is 19.9. The number of morpholine rings is 1. The highest BCUT2D eigenvalue weighted by molar-refractivity contribution is 8.00. The van der Waals surface area contributed by atoms with Crippen LogP contribution >= 0.6 is 11.9 Å². The number of hydrogen-bond acceptors (Lipinski definition) is 8. The summed E-state index contributed by atoms with van der Waals surface area (Å²) in [6.07, 6.45) is 3.77. The number of nitrogens with one attached hydrogen (secondary N) is 1. The zero-order chi connectivity index (χ0) is 28.3. The van der Waals surface area contributed by atoms with E-state index in [9.17, 15) is 5.26 Å². The standard InChI is InChI=1S/C34H33N5O2S/c35-22-26-20-25(8-11-33(26)41-28-12-14-36-23-28)30-13-15-37-34-31(30)21-32(39(34)42-29-4-2-1-3-5-29)24-6-9-27(10-7-24)38-16-18-40-19-17-38/h1-11,13,15,20,28,32,36H,12,14,16-19,21,23H2. The number of hydrogen-bond donors (Lipinski definition) is 1. The summed E-state index contributed by atoms with van der Waals surface area (Å²) in [5, 5.41) is 13.3. The van der Waals surface area contributed by atoms with Crippen LogP contribution in [0, 0.1) is 11.3 Å². The van der Waals surface area contributed by atoms with Gasteiger partial charge < -0.3 is 19.7 Å². The van der Waals surface area contributed by atoms with Crippen molar-refractivity contribution in [1.82, 2.24) is 10.3 Å². The van der Waals surface area contributed by atoms with E-state index in [4.69, 9.17) is 14.5 Å². The fourth-order valence-electron chi connectivity index (χ4n) is 6.05. The van der Waals surface area contributed by atoms with E-state index in [1.54, 1.807) is 11.9 Å². The summed E-state index contributed by atoms with van der Waals surface area (Å²) < 4.78 is 14.1. The van der Waals surface area contributed by atoms with Crippen LogP contribution < -0.4 is 19.3 Å². The van der Waals surface area contributed by atoms with Crippen LogP contribution in [0.3, 0.4) is 0 Å². The largest absolute Gasteiger partial charge is 0.488 e. The summed E-state index contributed by atoms with van der Waals surface area (Å²) >= 11 is 1.73. The summed E-state index contributed by atoms with van der Waals surface area (Å²) in [5.41, 5.74) is 6.37. The number of pyridine rings is 1. The molecule has 3 aromatic carbocycles. The molecule has 7 nitrogen and oxygen atoms in total. The van der Waals surface area contributed by atoms with Crippen molar-refractivity contribution in [3.63, 3.8) is 0 Å². The average molecular weight is 576 g/mol. The van der Waals surface area contributed by atoms with E-state index in [0.717, 1.165) is 69.2 Å². The lowest BCUT2D eigenvalue weighted by atomic mass is 9.95. The Bertz CT molecular complexity index is 1580. The first-order chi connectivity index (χ1) is 20.8. The zero-order valence-corrected chi connectivity index (χ0v) is 24.2. The zero-order valence-electron chi connectivity index (χ0n) is 23.4. The Morgan fingerprint density at radius 3 is 2.60 bits per heavy atom. The predicted octanol–water partition coefficient (Wildman–Crippen LogP) is 6.01. The predicted molar refractivity (Wildman–Crippen MR) is 167 cm³/mol. The maximum absolute atomic E-state index is 9.99. The van der Waals surface area contributed by atoms with Gasteiger partial charge in [0.25, 0.3) is 0 Å². The first-order valence-electron chi connectivity index (χ1n) is 14.6. The Kier molecular flexibility index (Phi) is 7.71. The minimum atomic E-state index is 0.104. The van der Waals surface area contributed by atoms with Crippen LogP contribution in [0.5, 0.6) is 5.75 Å². The van der Waals surface area contributed by atoms with Crippen molar-refractivity contribution in [3.05, 3.63) is 102 Å². The molecule has 1 aromatic heterocycles. The Hall–Kier alpha value is -4.03. The van der Waals surface area contributed by atoms with Gasteiger partial charge in [-0.05, 0) is 84.1 Å². The van der Waals surface area contributed by atoms with Crippen LogP contribution in [0.4, 0.5) is 11.5 Å². The molecule has 1 N–H and O–H groups in total. The van der Waals surface area contributed by atoms with Crippen LogP contribution in [0.15, 0.2) is 90.0 Å². The number of nitrogens with zero attached hydrogens (tertiary/aromatic N) is 4. The molecular weight excluding hydrogens is 542 g/mol. The van der Waals surface area contributed by atoms with Gasteiger partial charge in [0.2, 0.25) is 0 Å². The molecule has 0 saturated carbocycles. The summed E-state index contributed by atoms with van der Waals surface area (Å²) in [7, 11) is 0. The summed E-state index contributed by atoms with van der Waals surface area (Å²) in [5.74, 6) is 1.62. The summed E-state index contributed by atoms with van der Waals surface area (Å²) in [4.78, 5) is 8.46. The molecule has 0 amide bonds. The maximum Gasteiger partial charge on any atom is 0.143 e. The molecule has 8 heteroatoms. The number of anilines is 2. The van der Waals surface area contributed by atoms with Gasteiger partial charge in [0.1, 0.15) is 23.7 Å². The number of rotatable bonds is 7. The molecule has 3 aliphatic heterocycles. The fraction of sp³-hybridized carbons (Fsp3) is 0.294. The molecule has 0 spiro atoms. The van der Waals surface area contributed by atoms with Crippen LogP contribution in [0.25, 0.3) is 11.1 Å². The van der Waals surface area contributed by atoms with Crippen molar-refractivity contribution in [3.8, 4) is 22.9 Å². The highest BCUT2D eigenvalue weighted by Crippen LogP contribution is 2.48. The molecule has 3 aliphatic rings. The van der Waals surface area contributed by atoms with E-state index in [2.05, 4.69) is 81.3 Å². The number of nitriles is 1. The number of fused-ring (bicyclic) bond motifs is 1. The quantitative estimate of drug-likeness (QED) is 0.269. The van der Waals surface area contributed by atoms with Crippen molar-refractivity contribution >= 4 is 23.5 Å². The van der Waals surface area contributed by atoms with E-state index >= 15 is 0 Å². The van der Waals surface area contributed by atoms with Crippen LogP contribution in [-0.4, -0.2) is 50.5 Å². The van der Waals surface area contributed by atoms with E-state index in [1.807, 2.05) is 24.4 Å². The molecule has 42 heavy (non-hydrogen) atoms. The maximum atomic E-state index is 9.99. The monoisotopic (exact) mass is 575 g/mol. The van der Waals surface area contributed by atoms with E-state index in [-0.39, 0.29) is 12.1 Å². The molecule has 212 valence electrons. The van der Waals surface area contributed by atoms with Crippen molar-refractivity contribution in [1.29, 1.82) is 5.26 Å². The van der Waals surface area contributed by atoms with E-state index in [0.29, 0.717) is 11.3 Å². The molecule has 0 radical (unpaired) electrons. The Morgan fingerprint density at radius 1 is 1.00 bits per heavy atom. The van der Waals surface area contributed by atoms with Crippen LogP contribution in [0.1, 0.15) is 29.2 Å². The highest BCUT2D eigenvalue weighted by atomic mass is 32.2. The van der Waals surface area contributed by atoms with Gasteiger partial charge in [-0.2, -0.15) is 5.26 Å². The first kappa shape index (κ1) is 26.8. The molecule has 4 heterocycles. The number of ether oxygens (including phenoxy) is 2. The van der Waals surface area contributed by atoms with Gasteiger partial charge in [-0.1, -0.05) is 36.4 Å². The minimum Gasteiger partial charge on any atom is -0.488 e. The van der Waals surface area contributed by atoms with Crippen molar-refractivity contribution in [2.45, 2.75) is 29.9 Å². The van der Waals surface area contributed by atoms with Gasteiger partial charge in [-0.25, -0.2) is 4.98 Å². The molecular formula is C34H33N5O2S. The summed E-state index contributed by atoms with van der Waals surface area (Å²) in [6, 6.07) is 30.0. The lowest BCUT2D eigenvalue weighted by molar-refractivity contribution is 0.122. The molecule has 7 rings (SSSR count). The van der Waals surface area contributed by atoms with E-state index in [1.165, 1.54) is 21.7 Å². The van der Waals surface area contributed by atoms with Crippen molar-refractivity contribution in [2.24, 2.45) is 0 Å². The summed E-state index contributed by atoms with van der Waals surface area (Å²) in [6.45, 7) is 5.14. The van der Waals surface area contributed by atoms with Crippen molar-refractivity contribution < 1.29 is 9.47 Å². The van der Waals surface area contributed by atoms with Gasteiger partial charge in [-0.15, -0.1) is 0 Å². The molecule has 2 fully saturated rings. The average Bonchev–Trinajstić information content (AvgIpc) is 3.70. The third-order valence-corrected chi connectivity index (χ3v) is 9.35. The smallest absolute Gasteiger partial charge is 0.143 e. The van der Waals surface area contributed by atoms with Gasteiger partial charge in [0.05, 0.1) is 24.8 Å². The fourth-order valence-corrected chi connectivity index (χ4v) is 7.12. The van der Waals surface area contributed by atoms with E-state index < -0.39 is 0 Å². The van der Waals surface area contributed by atoms with Gasteiger partial charge in [0.15, 0.2) is 0 Å². The Morgan fingerprint density at radius 2 is 1.83 bits per heavy atom. The van der Waals surface area contributed by atoms with Gasteiger partial charge in [0, 0.05) is 48.4 Å². The SMILES string of the molecule is N#Cc1cc(-c2ccnc3c2CC(c2ccc(N4CCOCC4)cc2)N3Sc2ccccc2)ccc1OC1CCNC1. The van der Waals surface area contributed by atoms with Gasteiger partial charge >= 0.3 is 0 Å². The first-order valence-corrected chi connectivity index (χ1v) is 15.4. The van der Waals surface area contributed by atoms with Crippen LogP contribution in [-0.2, 0) is 11.2 Å². The molecule has 0 aliphatic carbocycles. The third-order valence-electron chi connectivity index (χ3n) is 8.24. The molecule has 2 saturated heterocycles. The third kappa shape index (κ3) is 5.43. The molecule has 0 bridgehead atoms.